The van der Waals surface area contributed by atoms with Gasteiger partial charge in [-0.15, -0.1) is 0 Å². The molecule has 0 unspecified atom stereocenters. The fourth-order valence-corrected chi connectivity index (χ4v) is 4.92. The molecule has 1 aliphatic heterocycles. The van der Waals surface area contributed by atoms with Crippen molar-refractivity contribution in [1.82, 2.24) is 4.31 Å². The minimum atomic E-state index is -3.61. The third-order valence-electron chi connectivity index (χ3n) is 5.14. The van der Waals surface area contributed by atoms with Gasteiger partial charge in [0, 0.05) is 25.2 Å². The highest BCUT2D eigenvalue weighted by molar-refractivity contribution is 7.89. The quantitative estimate of drug-likeness (QED) is 0.727. The SMILES string of the molecule is COc1ccc(S(=O)(=O)N2CCOCC2)cc1CCC(=O)Nc1ccc(C)cc1C. The van der Waals surface area contributed by atoms with Crippen LogP contribution in [0.5, 0.6) is 5.75 Å². The van der Waals surface area contributed by atoms with E-state index in [1.165, 1.54) is 11.4 Å². The fraction of sp³-hybridized carbons (Fsp3) is 0.409. The van der Waals surface area contributed by atoms with Gasteiger partial charge in [0.2, 0.25) is 15.9 Å². The molecule has 1 heterocycles. The topological polar surface area (TPSA) is 84.9 Å². The molecule has 0 aliphatic carbocycles. The Bertz CT molecular complexity index is 1010. The maximum absolute atomic E-state index is 12.9. The average molecular weight is 433 g/mol. The van der Waals surface area contributed by atoms with Crippen LogP contribution in [0.4, 0.5) is 5.69 Å². The molecule has 1 amide bonds. The summed E-state index contributed by atoms with van der Waals surface area (Å²) in [5, 5.41) is 2.92. The van der Waals surface area contributed by atoms with Crippen LogP contribution in [0.1, 0.15) is 23.1 Å². The molecule has 3 rings (SSSR count). The van der Waals surface area contributed by atoms with Crippen LogP contribution in [0.2, 0.25) is 0 Å². The number of benzene rings is 2. The zero-order valence-corrected chi connectivity index (χ0v) is 18.4. The molecule has 8 heteroatoms. The second-order valence-electron chi connectivity index (χ2n) is 7.36. The predicted octanol–water partition coefficient (Wildman–Crippen LogP) is 2.90. The van der Waals surface area contributed by atoms with E-state index in [2.05, 4.69) is 5.32 Å². The summed E-state index contributed by atoms with van der Waals surface area (Å²) in [5.74, 6) is 0.431. The highest BCUT2D eigenvalue weighted by Gasteiger charge is 2.27. The zero-order chi connectivity index (χ0) is 21.7. The summed E-state index contributed by atoms with van der Waals surface area (Å²) in [6.07, 6.45) is 0.580. The van der Waals surface area contributed by atoms with Crippen LogP contribution in [0.3, 0.4) is 0 Å². The van der Waals surface area contributed by atoms with E-state index in [-0.39, 0.29) is 17.2 Å². The van der Waals surface area contributed by atoms with Gasteiger partial charge >= 0.3 is 0 Å². The first-order chi connectivity index (χ1) is 14.3. The van der Waals surface area contributed by atoms with E-state index < -0.39 is 10.0 Å². The molecule has 0 atom stereocenters. The van der Waals surface area contributed by atoms with Gasteiger partial charge in [0.25, 0.3) is 0 Å². The Hall–Kier alpha value is -2.42. The number of sulfonamides is 1. The molecule has 2 aromatic carbocycles. The lowest BCUT2D eigenvalue weighted by Crippen LogP contribution is -2.40. The smallest absolute Gasteiger partial charge is 0.243 e. The van der Waals surface area contributed by atoms with Crippen molar-refractivity contribution in [3.63, 3.8) is 0 Å². The Morgan fingerprint density at radius 1 is 1.13 bits per heavy atom. The number of aryl methyl sites for hydroxylation is 3. The average Bonchev–Trinajstić information content (AvgIpc) is 2.74. The summed E-state index contributed by atoms with van der Waals surface area (Å²) in [5.41, 5.74) is 3.59. The molecular weight excluding hydrogens is 404 g/mol. The molecule has 0 bridgehead atoms. The van der Waals surface area contributed by atoms with Gasteiger partial charge in [-0.2, -0.15) is 4.31 Å². The van der Waals surface area contributed by atoms with Crippen LogP contribution < -0.4 is 10.1 Å². The number of anilines is 1. The zero-order valence-electron chi connectivity index (χ0n) is 17.6. The molecular formula is C22H28N2O5S. The number of nitrogens with zero attached hydrogens (tertiary/aromatic N) is 1. The number of ether oxygens (including phenoxy) is 2. The van der Waals surface area contributed by atoms with Gasteiger partial charge in [0.05, 0.1) is 25.2 Å². The lowest BCUT2D eigenvalue weighted by atomic mass is 10.1. The molecule has 1 N–H and O–H groups in total. The highest BCUT2D eigenvalue weighted by Crippen LogP contribution is 2.26. The first-order valence-corrected chi connectivity index (χ1v) is 11.4. The van der Waals surface area contributed by atoms with Crippen molar-refractivity contribution < 1.29 is 22.7 Å². The molecule has 162 valence electrons. The van der Waals surface area contributed by atoms with Crippen molar-refractivity contribution in [2.75, 3.05) is 38.7 Å². The molecule has 0 saturated carbocycles. The van der Waals surface area contributed by atoms with Crippen molar-refractivity contribution in [2.45, 2.75) is 31.6 Å². The van der Waals surface area contributed by atoms with E-state index in [4.69, 9.17) is 9.47 Å². The maximum Gasteiger partial charge on any atom is 0.243 e. The number of morpholine rings is 1. The van der Waals surface area contributed by atoms with Crippen LogP contribution in [-0.4, -0.2) is 52.0 Å². The van der Waals surface area contributed by atoms with E-state index >= 15 is 0 Å². The van der Waals surface area contributed by atoms with Gasteiger partial charge in [-0.1, -0.05) is 17.7 Å². The van der Waals surface area contributed by atoms with Crippen molar-refractivity contribution in [3.05, 3.63) is 53.1 Å². The monoisotopic (exact) mass is 432 g/mol. The van der Waals surface area contributed by atoms with Crippen molar-refractivity contribution in [3.8, 4) is 5.75 Å². The Morgan fingerprint density at radius 2 is 1.87 bits per heavy atom. The Labute approximate surface area is 178 Å². The van der Waals surface area contributed by atoms with Crippen LogP contribution in [0.25, 0.3) is 0 Å². The summed E-state index contributed by atoms with van der Waals surface area (Å²) in [7, 11) is -2.08. The number of hydrogen-bond donors (Lipinski definition) is 1. The number of rotatable bonds is 7. The Kier molecular flexibility index (Phi) is 7.12. The normalized spacial score (nSPS) is 15.0. The second-order valence-corrected chi connectivity index (χ2v) is 9.29. The van der Waals surface area contributed by atoms with Gasteiger partial charge in [-0.05, 0) is 55.7 Å². The first-order valence-electron chi connectivity index (χ1n) is 9.93. The summed E-state index contributed by atoms with van der Waals surface area (Å²) in [6, 6.07) is 10.6. The van der Waals surface area contributed by atoms with Crippen LogP contribution in [0, 0.1) is 13.8 Å². The highest BCUT2D eigenvalue weighted by atomic mass is 32.2. The predicted molar refractivity (Wildman–Crippen MR) is 115 cm³/mol. The Balaban J connectivity index is 1.73. The van der Waals surface area contributed by atoms with Gasteiger partial charge < -0.3 is 14.8 Å². The van der Waals surface area contributed by atoms with Crippen molar-refractivity contribution in [1.29, 1.82) is 0 Å². The summed E-state index contributed by atoms with van der Waals surface area (Å²) in [4.78, 5) is 12.7. The van der Waals surface area contributed by atoms with E-state index in [0.717, 1.165) is 16.8 Å². The van der Waals surface area contributed by atoms with E-state index in [1.54, 1.807) is 18.2 Å². The molecule has 0 radical (unpaired) electrons. The Morgan fingerprint density at radius 3 is 2.53 bits per heavy atom. The number of methoxy groups -OCH3 is 1. The van der Waals surface area contributed by atoms with Gasteiger partial charge in [0.15, 0.2) is 0 Å². The molecule has 0 aromatic heterocycles. The lowest BCUT2D eigenvalue weighted by Gasteiger charge is -2.26. The van der Waals surface area contributed by atoms with Crippen LogP contribution in [-0.2, 0) is 26.0 Å². The van der Waals surface area contributed by atoms with Gasteiger partial charge in [0.1, 0.15) is 5.75 Å². The molecule has 1 saturated heterocycles. The lowest BCUT2D eigenvalue weighted by molar-refractivity contribution is -0.116. The molecule has 30 heavy (non-hydrogen) atoms. The second kappa shape index (κ2) is 9.59. The summed E-state index contributed by atoms with van der Waals surface area (Å²) >= 11 is 0. The first kappa shape index (κ1) is 22.3. The number of carbonyl (C=O) groups is 1. The molecule has 0 spiro atoms. The molecule has 7 nitrogen and oxygen atoms in total. The maximum atomic E-state index is 12.9. The van der Waals surface area contributed by atoms with E-state index in [1.807, 2.05) is 32.0 Å². The van der Waals surface area contributed by atoms with Crippen molar-refractivity contribution >= 4 is 21.6 Å². The molecule has 2 aromatic rings. The van der Waals surface area contributed by atoms with Crippen LogP contribution in [0.15, 0.2) is 41.3 Å². The molecule has 1 aliphatic rings. The number of amides is 1. The minimum absolute atomic E-state index is 0.134. The number of carbonyl (C=O) groups excluding carboxylic acids is 1. The summed E-state index contributed by atoms with van der Waals surface area (Å²) < 4.78 is 37.9. The fourth-order valence-electron chi connectivity index (χ4n) is 3.46. The van der Waals surface area contributed by atoms with Gasteiger partial charge in [-0.25, -0.2) is 8.42 Å². The largest absolute Gasteiger partial charge is 0.496 e. The number of hydrogen-bond acceptors (Lipinski definition) is 5. The minimum Gasteiger partial charge on any atom is -0.496 e. The third kappa shape index (κ3) is 5.19. The third-order valence-corrected chi connectivity index (χ3v) is 7.03. The van der Waals surface area contributed by atoms with Gasteiger partial charge in [-0.3, -0.25) is 4.79 Å². The molecule has 1 fully saturated rings. The van der Waals surface area contributed by atoms with E-state index in [0.29, 0.717) is 44.0 Å². The standard InChI is InChI=1S/C22H28N2O5S/c1-16-4-7-20(17(2)14-16)23-22(25)9-5-18-15-19(6-8-21(18)28-3)30(26,27)24-10-12-29-13-11-24/h4,6-8,14-15H,5,9-13H2,1-3H3,(H,23,25). The van der Waals surface area contributed by atoms with Crippen LogP contribution >= 0.6 is 0 Å². The van der Waals surface area contributed by atoms with E-state index in [9.17, 15) is 13.2 Å². The number of nitrogens with one attached hydrogen (secondary N) is 1. The summed E-state index contributed by atoms with van der Waals surface area (Å²) in [6.45, 7) is 5.40. The van der Waals surface area contributed by atoms with Crippen molar-refractivity contribution in [2.24, 2.45) is 0 Å².